The second-order valence-corrected chi connectivity index (χ2v) is 4.90. The molecular formula is C7H8N4O6S. The maximum absolute atomic E-state index is 11.5. The summed E-state index contributed by atoms with van der Waals surface area (Å²) in [5.41, 5.74) is -1.62. The lowest BCUT2D eigenvalue weighted by Gasteiger charge is -2.06. The molecule has 0 spiro atoms. The highest BCUT2D eigenvalue weighted by Crippen LogP contribution is 2.31. The second kappa shape index (κ2) is 4.64. The third-order valence-electron chi connectivity index (χ3n) is 2.07. The quantitative estimate of drug-likeness (QED) is 0.443. The maximum Gasteiger partial charge on any atom is 0.296 e. The van der Waals surface area contributed by atoms with Gasteiger partial charge in [-0.2, -0.15) is 0 Å². The van der Waals surface area contributed by atoms with Crippen LogP contribution in [0, 0.1) is 27.2 Å². The minimum Gasteiger partial charge on any atom is -0.258 e. The molecule has 1 rings (SSSR count). The van der Waals surface area contributed by atoms with Crippen LogP contribution in [0.25, 0.3) is 0 Å². The van der Waals surface area contributed by atoms with Gasteiger partial charge in [0.25, 0.3) is 21.4 Å². The van der Waals surface area contributed by atoms with Gasteiger partial charge in [-0.25, -0.2) is 8.42 Å². The van der Waals surface area contributed by atoms with Crippen molar-refractivity contribution in [1.82, 2.24) is 4.83 Å². The zero-order valence-electron chi connectivity index (χ0n) is 8.98. The molecule has 18 heavy (non-hydrogen) atoms. The van der Waals surface area contributed by atoms with Crippen LogP contribution < -0.4 is 10.7 Å². The number of nitrogens with two attached hydrogens (primary N) is 1. The summed E-state index contributed by atoms with van der Waals surface area (Å²) in [6, 6.07) is 1.48. The molecule has 11 heteroatoms. The van der Waals surface area contributed by atoms with Crippen molar-refractivity contribution in [3.63, 3.8) is 0 Å². The van der Waals surface area contributed by atoms with Crippen LogP contribution in [-0.4, -0.2) is 18.3 Å². The SMILES string of the molecule is Cc1cc([N+](=O)[O-])cc([N+](=O)[O-])c1S(=O)(=O)NN. The van der Waals surface area contributed by atoms with E-state index in [0.29, 0.717) is 6.07 Å². The number of nitro benzene ring substituents is 2. The molecule has 0 heterocycles. The van der Waals surface area contributed by atoms with E-state index in [0.717, 1.165) is 6.07 Å². The maximum atomic E-state index is 11.5. The highest BCUT2D eigenvalue weighted by atomic mass is 32.2. The molecular weight excluding hydrogens is 268 g/mol. The molecule has 3 N–H and O–H groups in total. The Morgan fingerprint density at radius 3 is 2.17 bits per heavy atom. The highest BCUT2D eigenvalue weighted by molar-refractivity contribution is 7.89. The number of sulfonamides is 1. The molecule has 1 aromatic rings. The molecule has 0 saturated carbocycles. The summed E-state index contributed by atoms with van der Waals surface area (Å²) in [7, 11) is -4.28. The van der Waals surface area contributed by atoms with Gasteiger partial charge in [-0.3, -0.25) is 26.1 Å². The molecule has 0 aliphatic heterocycles. The van der Waals surface area contributed by atoms with E-state index in [1.165, 1.54) is 11.8 Å². The van der Waals surface area contributed by atoms with Crippen LogP contribution in [0.5, 0.6) is 0 Å². The molecule has 0 fully saturated rings. The third kappa shape index (κ3) is 2.42. The van der Waals surface area contributed by atoms with Crippen molar-refractivity contribution in [3.05, 3.63) is 37.9 Å². The first kappa shape index (κ1) is 14.0. The van der Waals surface area contributed by atoms with E-state index in [1.54, 1.807) is 0 Å². The first-order valence-corrected chi connectivity index (χ1v) is 5.85. The number of nitrogens with zero attached hydrogens (tertiary/aromatic N) is 2. The Morgan fingerprint density at radius 1 is 1.22 bits per heavy atom. The van der Waals surface area contributed by atoms with Gasteiger partial charge in [-0.1, -0.05) is 0 Å². The van der Waals surface area contributed by atoms with Crippen molar-refractivity contribution in [2.75, 3.05) is 0 Å². The fourth-order valence-electron chi connectivity index (χ4n) is 1.39. The Kier molecular flexibility index (Phi) is 3.59. The van der Waals surface area contributed by atoms with Gasteiger partial charge in [-0.15, -0.1) is 4.83 Å². The smallest absolute Gasteiger partial charge is 0.258 e. The number of nitrogens with one attached hydrogen (secondary N) is 1. The zero-order valence-corrected chi connectivity index (χ0v) is 9.80. The lowest BCUT2D eigenvalue weighted by Crippen LogP contribution is -2.31. The highest BCUT2D eigenvalue weighted by Gasteiger charge is 2.30. The van der Waals surface area contributed by atoms with Crippen molar-refractivity contribution in [3.8, 4) is 0 Å². The Labute approximate surface area is 101 Å². The summed E-state index contributed by atoms with van der Waals surface area (Å²) >= 11 is 0. The van der Waals surface area contributed by atoms with Crippen molar-refractivity contribution in [2.24, 2.45) is 5.84 Å². The first-order valence-electron chi connectivity index (χ1n) is 4.36. The number of hydrogen-bond acceptors (Lipinski definition) is 7. The number of hydrogen-bond donors (Lipinski definition) is 2. The standard InChI is InChI=1S/C7H8N4O6S/c1-4-2-5(10(12)13)3-6(11(14)15)7(4)18(16,17)9-8/h2-3,9H,8H2,1H3. The van der Waals surface area contributed by atoms with Gasteiger partial charge in [0.05, 0.1) is 15.9 Å². The van der Waals surface area contributed by atoms with Crippen LogP contribution in [0.2, 0.25) is 0 Å². The summed E-state index contributed by atoms with van der Waals surface area (Å²) < 4.78 is 23.0. The van der Waals surface area contributed by atoms with Gasteiger partial charge in [0.15, 0.2) is 4.90 Å². The van der Waals surface area contributed by atoms with Gasteiger partial charge in [-0.05, 0) is 12.5 Å². The van der Waals surface area contributed by atoms with Crippen molar-refractivity contribution >= 4 is 21.4 Å². The van der Waals surface area contributed by atoms with Gasteiger partial charge in [0, 0.05) is 6.07 Å². The summed E-state index contributed by atoms with van der Waals surface area (Å²) in [5, 5.41) is 21.3. The molecule has 0 aromatic heterocycles. The predicted octanol–water partition coefficient (Wildman–Crippen LogP) is -0.0366. The molecule has 98 valence electrons. The molecule has 0 aliphatic rings. The minimum absolute atomic E-state index is 0.145. The molecule has 1 aromatic carbocycles. The molecule has 0 aliphatic carbocycles. The molecule has 0 amide bonds. The Bertz CT molecular complexity index is 625. The van der Waals surface area contributed by atoms with E-state index in [9.17, 15) is 28.6 Å². The molecule has 0 saturated heterocycles. The summed E-state index contributed by atoms with van der Waals surface area (Å²) in [6.45, 7) is 1.20. The Balaban J connectivity index is 3.73. The van der Waals surface area contributed by atoms with E-state index >= 15 is 0 Å². The second-order valence-electron chi connectivity index (χ2n) is 3.25. The average molecular weight is 276 g/mol. The molecule has 0 bridgehead atoms. The van der Waals surface area contributed by atoms with E-state index in [2.05, 4.69) is 0 Å². The number of nitro groups is 2. The van der Waals surface area contributed by atoms with Gasteiger partial charge in [0.1, 0.15) is 0 Å². The minimum atomic E-state index is -4.28. The van der Waals surface area contributed by atoms with Crippen LogP contribution in [0.3, 0.4) is 0 Å². The Hall–Kier alpha value is -2.11. The van der Waals surface area contributed by atoms with Crippen molar-refractivity contribution < 1.29 is 18.3 Å². The Morgan fingerprint density at radius 2 is 1.78 bits per heavy atom. The van der Waals surface area contributed by atoms with E-state index < -0.39 is 36.1 Å². The molecule has 0 radical (unpaired) electrons. The van der Waals surface area contributed by atoms with Crippen LogP contribution in [0.15, 0.2) is 17.0 Å². The van der Waals surface area contributed by atoms with Crippen LogP contribution in [-0.2, 0) is 10.0 Å². The average Bonchev–Trinajstić information content (AvgIpc) is 2.27. The van der Waals surface area contributed by atoms with Crippen LogP contribution in [0.1, 0.15) is 5.56 Å². The van der Waals surface area contributed by atoms with Crippen LogP contribution in [0.4, 0.5) is 11.4 Å². The lowest BCUT2D eigenvalue weighted by atomic mass is 10.2. The molecule has 0 unspecified atom stereocenters. The summed E-state index contributed by atoms with van der Waals surface area (Å²) in [5.74, 6) is 4.78. The summed E-state index contributed by atoms with van der Waals surface area (Å²) in [6.07, 6.45) is 0. The fraction of sp³-hybridized carbons (Fsp3) is 0.143. The molecule has 0 atom stereocenters. The first-order chi connectivity index (χ1) is 8.20. The third-order valence-corrected chi connectivity index (χ3v) is 3.45. The number of hydrazine groups is 1. The van der Waals surface area contributed by atoms with Crippen molar-refractivity contribution in [2.45, 2.75) is 11.8 Å². The number of benzene rings is 1. The van der Waals surface area contributed by atoms with Crippen LogP contribution >= 0.6 is 0 Å². The number of non-ortho nitro benzene ring substituents is 1. The van der Waals surface area contributed by atoms with Gasteiger partial charge >= 0.3 is 0 Å². The lowest BCUT2D eigenvalue weighted by molar-refractivity contribution is -0.396. The predicted molar refractivity (Wildman–Crippen MR) is 59.0 cm³/mol. The molecule has 10 nitrogen and oxygen atoms in total. The zero-order chi connectivity index (χ0) is 14.1. The topological polar surface area (TPSA) is 158 Å². The number of rotatable bonds is 4. The van der Waals surface area contributed by atoms with E-state index in [1.807, 2.05) is 0 Å². The van der Waals surface area contributed by atoms with E-state index in [-0.39, 0.29) is 5.56 Å². The number of aryl methyl sites for hydroxylation is 1. The largest absolute Gasteiger partial charge is 0.296 e. The van der Waals surface area contributed by atoms with Gasteiger partial charge < -0.3 is 0 Å². The normalized spacial score (nSPS) is 11.2. The fourth-order valence-corrected chi connectivity index (χ4v) is 2.40. The van der Waals surface area contributed by atoms with Gasteiger partial charge in [0.2, 0.25) is 0 Å². The summed E-state index contributed by atoms with van der Waals surface area (Å²) in [4.78, 5) is 20.2. The van der Waals surface area contributed by atoms with Crippen molar-refractivity contribution in [1.29, 1.82) is 0 Å². The monoisotopic (exact) mass is 276 g/mol. The van der Waals surface area contributed by atoms with E-state index in [4.69, 9.17) is 5.84 Å².